The normalized spacial score (nSPS) is 18.3. The number of hydrogen-bond donors (Lipinski definition) is 0. The van der Waals surface area contributed by atoms with Gasteiger partial charge in [-0.1, -0.05) is 24.3 Å². The van der Waals surface area contributed by atoms with E-state index >= 15 is 0 Å². The van der Waals surface area contributed by atoms with Crippen molar-refractivity contribution in [1.82, 2.24) is 9.78 Å². The first-order chi connectivity index (χ1) is 10.7. The quantitative estimate of drug-likeness (QED) is 0.808. The predicted octanol–water partition coefficient (Wildman–Crippen LogP) is 3.71. The van der Waals surface area contributed by atoms with Crippen molar-refractivity contribution in [1.29, 1.82) is 0 Å². The molecule has 1 aliphatic carbocycles. The van der Waals surface area contributed by atoms with Gasteiger partial charge < -0.3 is 4.74 Å². The second-order valence-corrected chi connectivity index (χ2v) is 5.87. The molecular formula is C18H22N2O2. The third-order valence-electron chi connectivity index (χ3n) is 4.34. The molecule has 1 aromatic heterocycles. The van der Waals surface area contributed by atoms with Crippen LogP contribution in [0.25, 0.3) is 16.5 Å². The third kappa shape index (κ3) is 2.91. The molecule has 0 radical (unpaired) electrons. The number of carbonyl (C=O) groups excluding carboxylic acids is 1. The molecule has 4 heteroatoms. The van der Waals surface area contributed by atoms with Crippen molar-refractivity contribution in [2.45, 2.75) is 32.6 Å². The van der Waals surface area contributed by atoms with Crippen LogP contribution in [0.3, 0.4) is 0 Å². The first-order valence-corrected chi connectivity index (χ1v) is 7.95. The molecule has 1 aromatic carbocycles. The first kappa shape index (κ1) is 14.8. The minimum Gasteiger partial charge on any atom is -0.466 e. The van der Waals surface area contributed by atoms with Crippen molar-refractivity contribution in [3.8, 4) is 0 Å². The number of hydrogen-bond acceptors (Lipinski definition) is 3. The number of nitrogens with zero attached hydrogens (tertiary/aromatic N) is 2. The smallest absolute Gasteiger partial charge is 0.306 e. The van der Waals surface area contributed by atoms with E-state index in [4.69, 9.17) is 4.74 Å². The summed E-state index contributed by atoms with van der Waals surface area (Å²) in [6.45, 7) is 2.32. The molecule has 0 fully saturated rings. The molecule has 1 heterocycles. The van der Waals surface area contributed by atoms with Crippen molar-refractivity contribution >= 4 is 22.4 Å². The monoisotopic (exact) mass is 298 g/mol. The SMILES string of the molecule is CCOC(=O)CC1CC=C(c2nn(C)c3ccccc23)CC1. The van der Waals surface area contributed by atoms with Gasteiger partial charge in [-0.15, -0.1) is 0 Å². The van der Waals surface area contributed by atoms with Crippen LogP contribution in [0.15, 0.2) is 30.3 Å². The zero-order chi connectivity index (χ0) is 15.5. The lowest BCUT2D eigenvalue weighted by Gasteiger charge is -2.20. The van der Waals surface area contributed by atoms with E-state index in [0.717, 1.165) is 30.5 Å². The molecule has 0 saturated carbocycles. The molecule has 4 nitrogen and oxygen atoms in total. The maximum absolute atomic E-state index is 11.6. The average Bonchev–Trinajstić information content (AvgIpc) is 2.86. The highest BCUT2D eigenvalue weighted by atomic mass is 16.5. The average molecular weight is 298 g/mol. The minimum absolute atomic E-state index is 0.0763. The number of benzene rings is 1. The number of allylic oxidation sites excluding steroid dienone is 2. The number of esters is 1. The molecule has 22 heavy (non-hydrogen) atoms. The summed E-state index contributed by atoms with van der Waals surface area (Å²) >= 11 is 0. The second kappa shape index (κ2) is 6.34. The predicted molar refractivity (Wildman–Crippen MR) is 87.3 cm³/mol. The van der Waals surface area contributed by atoms with Crippen LogP contribution in [0.1, 0.15) is 38.3 Å². The van der Waals surface area contributed by atoms with Crippen LogP contribution in [-0.4, -0.2) is 22.4 Å². The van der Waals surface area contributed by atoms with Crippen LogP contribution in [0.4, 0.5) is 0 Å². The Kier molecular flexibility index (Phi) is 4.27. The fourth-order valence-electron chi connectivity index (χ4n) is 3.20. The molecular weight excluding hydrogens is 276 g/mol. The molecule has 1 unspecified atom stereocenters. The van der Waals surface area contributed by atoms with Crippen molar-refractivity contribution in [3.63, 3.8) is 0 Å². The Hall–Kier alpha value is -2.10. The number of aromatic nitrogens is 2. The van der Waals surface area contributed by atoms with Crippen LogP contribution in [-0.2, 0) is 16.6 Å². The Morgan fingerprint density at radius 2 is 2.23 bits per heavy atom. The maximum Gasteiger partial charge on any atom is 0.306 e. The molecule has 0 N–H and O–H groups in total. The molecule has 1 atom stereocenters. The Morgan fingerprint density at radius 1 is 1.41 bits per heavy atom. The number of aryl methyl sites for hydroxylation is 1. The van der Waals surface area contributed by atoms with Gasteiger partial charge >= 0.3 is 5.97 Å². The molecule has 2 aromatic rings. The number of rotatable bonds is 4. The van der Waals surface area contributed by atoms with Crippen molar-refractivity contribution < 1.29 is 9.53 Å². The van der Waals surface area contributed by atoms with Crippen molar-refractivity contribution in [2.24, 2.45) is 13.0 Å². The molecule has 1 aliphatic rings. The second-order valence-electron chi connectivity index (χ2n) is 5.87. The fourth-order valence-corrected chi connectivity index (χ4v) is 3.20. The third-order valence-corrected chi connectivity index (χ3v) is 4.34. The number of carbonyl (C=O) groups is 1. The highest BCUT2D eigenvalue weighted by Gasteiger charge is 2.21. The van der Waals surface area contributed by atoms with Gasteiger partial charge in [-0.25, -0.2) is 0 Å². The van der Waals surface area contributed by atoms with Gasteiger partial charge in [-0.3, -0.25) is 9.48 Å². The van der Waals surface area contributed by atoms with E-state index in [0.29, 0.717) is 18.9 Å². The first-order valence-electron chi connectivity index (χ1n) is 7.95. The van der Waals surface area contributed by atoms with Crippen LogP contribution >= 0.6 is 0 Å². The summed E-state index contributed by atoms with van der Waals surface area (Å²) in [6, 6.07) is 8.32. The lowest BCUT2D eigenvalue weighted by atomic mass is 9.86. The highest BCUT2D eigenvalue weighted by Crippen LogP contribution is 2.34. The number of ether oxygens (including phenoxy) is 1. The van der Waals surface area contributed by atoms with Gasteiger partial charge in [0.2, 0.25) is 0 Å². The summed E-state index contributed by atoms with van der Waals surface area (Å²) in [5, 5.41) is 5.89. The summed E-state index contributed by atoms with van der Waals surface area (Å²) in [6.07, 6.45) is 5.71. The van der Waals surface area contributed by atoms with Gasteiger partial charge in [-0.05, 0) is 43.7 Å². The summed E-state index contributed by atoms with van der Waals surface area (Å²) in [5.41, 5.74) is 3.55. The Morgan fingerprint density at radius 3 is 2.95 bits per heavy atom. The van der Waals surface area contributed by atoms with Gasteiger partial charge in [0.15, 0.2) is 0 Å². The van der Waals surface area contributed by atoms with Gasteiger partial charge in [0.05, 0.1) is 17.8 Å². The van der Waals surface area contributed by atoms with E-state index in [-0.39, 0.29) is 5.97 Å². The van der Waals surface area contributed by atoms with Gasteiger partial charge in [-0.2, -0.15) is 5.10 Å². The molecule has 116 valence electrons. The Labute approximate surface area is 130 Å². The Balaban J connectivity index is 1.76. The maximum atomic E-state index is 11.6. The lowest BCUT2D eigenvalue weighted by Crippen LogP contribution is -2.13. The van der Waals surface area contributed by atoms with Gasteiger partial charge in [0.25, 0.3) is 0 Å². The largest absolute Gasteiger partial charge is 0.466 e. The zero-order valence-electron chi connectivity index (χ0n) is 13.2. The van der Waals surface area contributed by atoms with E-state index in [1.54, 1.807) is 0 Å². The molecule has 0 amide bonds. The summed E-state index contributed by atoms with van der Waals surface area (Å²) in [7, 11) is 1.98. The number of para-hydroxylation sites is 1. The van der Waals surface area contributed by atoms with E-state index in [1.807, 2.05) is 24.7 Å². The van der Waals surface area contributed by atoms with E-state index in [1.165, 1.54) is 11.0 Å². The highest BCUT2D eigenvalue weighted by molar-refractivity contribution is 5.90. The van der Waals surface area contributed by atoms with Crippen molar-refractivity contribution in [2.75, 3.05) is 6.61 Å². The van der Waals surface area contributed by atoms with Crippen LogP contribution < -0.4 is 0 Å². The topological polar surface area (TPSA) is 44.1 Å². The van der Waals surface area contributed by atoms with Crippen LogP contribution in [0.2, 0.25) is 0 Å². The van der Waals surface area contributed by atoms with E-state index < -0.39 is 0 Å². The fraction of sp³-hybridized carbons (Fsp3) is 0.444. The Bertz CT molecular complexity index is 715. The summed E-state index contributed by atoms with van der Waals surface area (Å²) in [4.78, 5) is 11.6. The molecule has 0 spiro atoms. The molecule has 3 rings (SSSR count). The molecule has 0 bridgehead atoms. The van der Waals surface area contributed by atoms with Gasteiger partial charge in [0.1, 0.15) is 0 Å². The summed E-state index contributed by atoms with van der Waals surface area (Å²) < 4.78 is 6.98. The van der Waals surface area contributed by atoms with Crippen molar-refractivity contribution in [3.05, 3.63) is 36.0 Å². The van der Waals surface area contributed by atoms with E-state index in [2.05, 4.69) is 29.4 Å². The molecule has 0 aliphatic heterocycles. The van der Waals surface area contributed by atoms with E-state index in [9.17, 15) is 4.79 Å². The lowest BCUT2D eigenvalue weighted by molar-refractivity contribution is -0.144. The molecule has 0 saturated heterocycles. The van der Waals surface area contributed by atoms with Crippen LogP contribution in [0, 0.1) is 5.92 Å². The zero-order valence-corrected chi connectivity index (χ0v) is 13.2. The number of fused-ring (bicyclic) bond motifs is 1. The summed E-state index contributed by atoms with van der Waals surface area (Å²) in [5.74, 6) is 0.324. The van der Waals surface area contributed by atoms with Gasteiger partial charge in [0, 0.05) is 18.9 Å². The minimum atomic E-state index is -0.0763. The van der Waals surface area contributed by atoms with Crippen LogP contribution in [0.5, 0.6) is 0 Å². The standard InChI is InChI=1S/C18H22N2O2/c1-3-22-17(21)12-13-8-10-14(11-9-13)18-15-6-4-5-7-16(15)20(2)19-18/h4-7,10,13H,3,8-9,11-12H2,1-2H3.